The molecule has 3 heterocycles. The predicted octanol–water partition coefficient (Wildman–Crippen LogP) is 3.22. The number of aromatic nitrogens is 4. The number of benzene rings is 1. The van der Waals surface area contributed by atoms with E-state index in [1.54, 1.807) is 29.2 Å². The first kappa shape index (κ1) is 17.5. The van der Waals surface area contributed by atoms with Crippen LogP contribution in [0.25, 0.3) is 16.9 Å². The fraction of sp³-hybridized carbons (Fsp3) is 0.250. The molecule has 0 atom stereocenters. The molecule has 7 nitrogen and oxygen atoms in total. The van der Waals surface area contributed by atoms with E-state index in [2.05, 4.69) is 15.1 Å². The van der Waals surface area contributed by atoms with Crippen LogP contribution in [0.15, 0.2) is 24.3 Å². The van der Waals surface area contributed by atoms with E-state index in [-0.39, 0.29) is 17.0 Å². The summed E-state index contributed by atoms with van der Waals surface area (Å²) in [6.07, 6.45) is 0. The van der Waals surface area contributed by atoms with Gasteiger partial charge in [-0.2, -0.15) is 4.52 Å². The van der Waals surface area contributed by atoms with Crippen molar-refractivity contribution < 1.29 is 9.53 Å². The molecule has 0 radical (unpaired) electrons. The number of ether oxygens (including phenoxy) is 1. The lowest BCUT2D eigenvalue weighted by molar-refractivity contribution is 0.0295. The number of halogens is 3. The Bertz CT molecular complexity index is 1000. The van der Waals surface area contributed by atoms with Gasteiger partial charge >= 0.3 is 0 Å². The van der Waals surface area contributed by atoms with Crippen molar-refractivity contribution in [2.75, 3.05) is 26.3 Å². The Kier molecular flexibility index (Phi) is 4.71. The van der Waals surface area contributed by atoms with Crippen LogP contribution in [0, 0.1) is 0 Å². The van der Waals surface area contributed by atoms with Gasteiger partial charge in [-0.1, -0.05) is 23.2 Å². The molecule has 0 aliphatic carbocycles. The number of amides is 1. The van der Waals surface area contributed by atoms with Gasteiger partial charge in [0.15, 0.2) is 5.65 Å². The standard InChI is InChI=1S/C16H12Cl3N5O2/c17-9-1-2-10(11(18)7-9)12-8-13-21-14(22-24(13)16(19)20-12)15(25)23-3-5-26-6-4-23/h1-2,7-8H,3-6H2. The maximum absolute atomic E-state index is 12.6. The number of hydrogen-bond donors (Lipinski definition) is 0. The number of nitrogens with zero attached hydrogens (tertiary/aromatic N) is 5. The van der Waals surface area contributed by atoms with Crippen molar-refractivity contribution in [1.29, 1.82) is 0 Å². The molecule has 0 N–H and O–H groups in total. The molecule has 1 aliphatic rings. The highest BCUT2D eigenvalue weighted by Crippen LogP contribution is 2.30. The molecule has 1 aromatic carbocycles. The summed E-state index contributed by atoms with van der Waals surface area (Å²) in [6.45, 7) is 2.01. The molecular weight excluding hydrogens is 401 g/mol. The van der Waals surface area contributed by atoms with Crippen LogP contribution >= 0.6 is 34.8 Å². The molecule has 3 aromatic rings. The summed E-state index contributed by atoms with van der Waals surface area (Å²) in [5.74, 6) is -0.200. The molecule has 4 rings (SSSR count). The minimum absolute atomic E-state index is 0.0648. The van der Waals surface area contributed by atoms with Crippen LogP contribution in [0.1, 0.15) is 10.6 Å². The van der Waals surface area contributed by atoms with Crippen LogP contribution in [0.3, 0.4) is 0 Å². The average Bonchev–Trinajstić information content (AvgIpc) is 3.06. The first-order valence-electron chi connectivity index (χ1n) is 7.79. The Labute approximate surface area is 163 Å². The van der Waals surface area contributed by atoms with Gasteiger partial charge in [0.25, 0.3) is 5.91 Å². The molecule has 26 heavy (non-hydrogen) atoms. The van der Waals surface area contributed by atoms with Crippen molar-refractivity contribution >= 4 is 46.4 Å². The van der Waals surface area contributed by atoms with Gasteiger partial charge in [0, 0.05) is 29.7 Å². The molecular formula is C16H12Cl3N5O2. The number of morpholine rings is 1. The van der Waals surface area contributed by atoms with Crippen LogP contribution in [-0.2, 0) is 4.74 Å². The van der Waals surface area contributed by atoms with Gasteiger partial charge in [0.1, 0.15) is 0 Å². The van der Waals surface area contributed by atoms with Crippen LogP contribution < -0.4 is 0 Å². The summed E-state index contributed by atoms with van der Waals surface area (Å²) in [5, 5.41) is 5.22. The van der Waals surface area contributed by atoms with Crippen molar-refractivity contribution in [3.05, 3.63) is 45.4 Å². The first-order valence-corrected chi connectivity index (χ1v) is 8.92. The number of carbonyl (C=O) groups is 1. The SMILES string of the molecule is O=C(c1nc2cc(-c3ccc(Cl)cc3Cl)nc(Cl)n2n1)N1CCOCC1. The summed E-state index contributed by atoms with van der Waals surface area (Å²) in [5.41, 5.74) is 1.58. The molecule has 1 aliphatic heterocycles. The average molecular weight is 413 g/mol. The molecule has 0 unspecified atom stereocenters. The largest absolute Gasteiger partial charge is 0.378 e. The summed E-state index contributed by atoms with van der Waals surface area (Å²) >= 11 is 18.4. The third-order valence-corrected chi connectivity index (χ3v) is 4.77. The Morgan fingerprint density at radius 2 is 1.85 bits per heavy atom. The molecule has 0 bridgehead atoms. The highest BCUT2D eigenvalue weighted by atomic mass is 35.5. The molecule has 0 saturated carbocycles. The summed E-state index contributed by atoms with van der Waals surface area (Å²) in [4.78, 5) is 22.8. The Hall–Kier alpha value is -1.93. The zero-order valence-corrected chi connectivity index (χ0v) is 15.6. The van der Waals surface area contributed by atoms with E-state index in [1.165, 1.54) is 4.52 Å². The maximum atomic E-state index is 12.6. The normalized spacial score (nSPS) is 14.8. The van der Waals surface area contributed by atoms with Gasteiger partial charge < -0.3 is 9.64 Å². The third kappa shape index (κ3) is 3.23. The maximum Gasteiger partial charge on any atom is 0.293 e. The highest BCUT2D eigenvalue weighted by Gasteiger charge is 2.23. The van der Waals surface area contributed by atoms with Crippen molar-refractivity contribution in [3.8, 4) is 11.3 Å². The molecule has 10 heteroatoms. The third-order valence-electron chi connectivity index (χ3n) is 3.98. The molecule has 1 fully saturated rings. The van der Waals surface area contributed by atoms with Gasteiger partial charge in [-0.05, 0) is 29.8 Å². The topological polar surface area (TPSA) is 72.6 Å². The zero-order valence-electron chi connectivity index (χ0n) is 13.3. The predicted molar refractivity (Wildman–Crippen MR) is 98.0 cm³/mol. The van der Waals surface area contributed by atoms with E-state index in [1.807, 2.05) is 0 Å². The monoisotopic (exact) mass is 411 g/mol. The number of fused-ring (bicyclic) bond motifs is 1. The van der Waals surface area contributed by atoms with Crippen molar-refractivity contribution in [1.82, 2.24) is 24.5 Å². The quantitative estimate of drug-likeness (QED) is 0.604. The summed E-state index contributed by atoms with van der Waals surface area (Å²) < 4.78 is 6.58. The van der Waals surface area contributed by atoms with Gasteiger partial charge in [0.2, 0.25) is 11.1 Å². The van der Waals surface area contributed by atoms with Crippen LogP contribution in [0.2, 0.25) is 15.3 Å². The van der Waals surface area contributed by atoms with E-state index in [0.717, 1.165) is 0 Å². The second-order valence-electron chi connectivity index (χ2n) is 5.64. The number of rotatable bonds is 2. The van der Waals surface area contributed by atoms with E-state index < -0.39 is 0 Å². The second kappa shape index (κ2) is 7.00. The smallest absolute Gasteiger partial charge is 0.293 e. The van der Waals surface area contributed by atoms with Crippen LogP contribution in [-0.4, -0.2) is 56.7 Å². The summed E-state index contributed by atoms with van der Waals surface area (Å²) in [6, 6.07) is 6.75. The molecule has 1 saturated heterocycles. The van der Waals surface area contributed by atoms with E-state index in [9.17, 15) is 4.79 Å². The Balaban J connectivity index is 1.74. The lowest BCUT2D eigenvalue weighted by Crippen LogP contribution is -2.41. The van der Waals surface area contributed by atoms with Gasteiger partial charge in [-0.3, -0.25) is 4.79 Å². The fourth-order valence-electron chi connectivity index (χ4n) is 2.69. The molecule has 2 aromatic heterocycles. The molecule has 1 amide bonds. The number of carbonyl (C=O) groups excluding carboxylic acids is 1. The Morgan fingerprint density at radius 1 is 1.08 bits per heavy atom. The molecule has 0 spiro atoms. The molecule has 134 valence electrons. The summed E-state index contributed by atoms with van der Waals surface area (Å²) in [7, 11) is 0. The Morgan fingerprint density at radius 3 is 2.58 bits per heavy atom. The van der Waals surface area contributed by atoms with E-state index in [0.29, 0.717) is 53.3 Å². The fourth-order valence-corrected chi connectivity index (χ4v) is 3.41. The zero-order chi connectivity index (χ0) is 18.3. The van der Waals surface area contributed by atoms with E-state index >= 15 is 0 Å². The van der Waals surface area contributed by atoms with Crippen molar-refractivity contribution in [2.45, 2.75) is 0 Å². The van der Waals surface area contributed by atoms with Crippen LogP contribution in [0.4, 0.5) is 0 Å². The van der Waals surface area contributed by atoms with Gasteiger partial charge in [-0.15, -0.1) is 5.10 Å². The second-order valence-corrected chi connectivity index (χ2v) is 6.83. The lowest BCUT2D eigenvalue weighted by Gasteiger charge is -2.25. The number of hydrogen-bond acceptors (Lipinski definition) is 5. The first-order chi connectivity index (χ1) is 12.5. The van der Waals surface area contributed by atoms with Gasteiger partial charge in [0.05, 0.1) is 23.9 Å². The van der Waals surface area contributed by atoms with Gasteiger partial charge in [-0.25, -0.2) is 9.97 Å². The van der Waals surface area contributed by atoms with Crippen LogP contribution in [0.5, 0.6) is 0 Å². The minimum Gasteiger partial charge on any atom is -0.378 e. The highest BCUT2D eigenvalue weighted by molar-refractivity contribution is 6.36. The lowest BCUT2D eigenvalue weighted by atomic mass is 10.1. The van der Waals surface area contributed by atoms with Crippen molar-refractivity contribution in [2.24, 2.45) is 0 Å². The van der Waals surface area contributed by atoms with Crippen molar-refractivity contribution in [3.63, 3.8) is 0 Å². The minimum atomic E-state index is -0.265. The van der Waals surface area contributed by atoms with E-state index in [4.69, 9.17) is 39.5 Å².